The van der Waals surface area contributed by atoms with Gasteiger partial charge in [0.25, 0.3) is 0 Å². The summed E-state index contributed by atoms with van der Waals surface area (Å²) in [6.45, 7) is 2.38. The lowest BCUT2D eigenvalue weighted by molar-refractivity contribution is 0.0679. The molecule has 2 saturated heterocycles. The van der Waals surface area contributed by atoms with E-state index in [2.05, 4.69) is 5.32 Å². The second-order valence-electron chi connectivity index (χ2n) is 6.52. The van der Waals surface area contributed by atoms with Gasteiger partial charge in [-0.25, -0.2) is 9.18 Å². The van der Waals surface area contributed by atoms with Crippen LogP contribution in [0.5, 0.6) is 0 Å². The van der Waals surface area contributed by atoms with Crippen molar-refractivity contribution in [2.24, 2.45) is 5.92 Å². The van der Waals surface area contributed by atoms with Gasteiger partial charge in [-0.2, -0.15) is 0 Å². The fourth-order valence-corrected chi connectivity index (χ4v) is 3.35. The molecule has 5 nitrogen and oxygen atoms in total. The van der Waals surface area contributed by atoms with Gasteiger partial charge >= 0.3 is 6.03 Å². The van der Waals surface area contributed by atoms with Crippen LogP contribution in [0.1, 0.15) is 36.0 Å². The minimum Gasteiger partial charge on any atom is -0.379 e. The third-order valence-corrected chi connectivity index (χ3v) is 4.70. The molecule has 1 aromatic rings. The molecule has 0 saturated carbocycles. The maximum absolute atomic E-state index is 13.0. The molecule has 0 aromatic heterocycles. The summed E-state index contributed by atoms with van der Waals surface area (Å²) in [5, 5.41) is 3.00. The van der Waals surface area contributed by atoms with Gasteiger partial charge in [0.1, 0.15) is 5.82 Å². The lowest BCUT2D eigenvalue weighted by Gasteiger charge is -2.34. The van der Waals surface area contributed by atoms with Gasteiger partial charge in [-0.1, -0.05) is 0 Å². The van der Waals surface area contributed by atoms with Crippen molar-refractivity contribution in [2.45, 2.75) is 31.7 Å². The summed E-state index contributed by atoms with van der Waals surface area (Å²) in [7, 11) is 0. The smallest absolute Gasteiger partial charge is 0.317 e. The topological polar surface area (TPSA) is 58.6 Å². The Labute approximate surface area is 141 Å². The molecule has 2 atom stereocenters. The first kappa shape index (κ1) is 16.9. The minimum atomic E-state index is -0.356. The molecule has 2 unspecified atom stereocenters. The van der Waals surface area contributed by atoms with E-state index in [1.807, 2.05) is 0 Å². The van der Waals surface area contributed by atoms with Crippen LogP contribution in [0.4, 0.5) is 9.18 Å². The average molecular weight is 334 g/mol. The Bertz CT molecular complexity index is 584. The number of nitrogens with zero attached hydrogens (tertiary/aromatic N) is 1. The number of nitrogens with one attached hydrogen (secondary N) is 1. The number of carbonyl (C=O) groups excluding carboxylic acids is 2. The Balaban J connectivity index is 1.58. The number of likely N-dealkylation sites (tertiary alicyclic amines) is 1. The Hall–Kier alpha value is -1.95. The number of carbonyl (C=O) groups is 2. The number of Topliss-reactive ketones (excluding diaryl/α,β-unsaturated/α-hetero) is 1. The molecule has 2 fully saturated rings. The highest BCUT2D eigenvalue weighted by Crippen LogP contribution is 2.21. The third-order valence-electron chi connectivity index (χ3n) is 4.70. The van der Waals surface area contributed by atoms with Gasteiger partial charge in [0.15, 0.2) is 5.78 Å². The molecule has 2 aliphatic rings. The quantitative estimate of drug-likeness (QED) is 0.865. The SMILES string of the molecule is O=C(c1ccc(F)cc1)C1CCCN(C(=O)NC2CCCOC2)C1. The van der Waals surface area contributed by atoms with E-state index in [1.165, 1.54) is 24.3 Å². The zero-order chi connectivity index (χ0) is 16.9. The Morgan fingerprint density at radius 1 is 1.17 bits per heavy atom. The zero-order valence-electron chi connectivity index (χ0n) is 13.7. The van der Waals surface area contributed by atoms with E-state index in [9.17, 15) is 14.0 Å². The van der Waals surface area contributed by atoms with Crippen LogP contribution in [-0.4, -0.2) is 49.1 Å². The fraction of sp³-hybridized carbons (Fsp3) is 0.556. The lowest BCUT2D eigenvalue weighted by Crippen LogP contribution is -2.51. The molecule has 2 aliphatic heterocycles. The van der Waals surface area contributed by atoms with E-state index in [0.29, 0.717) is 25.3 Å². The maximum atomic E-state index is 13.0. The van der Waals surface area contributed by atoms with E-state index < -0.39 is 0 Å². The van der Waals surface area contributed by atoms with E-state index in [1.54, 1.807) is 4.90 Å². The molecule has 0 radical (unpaired) electrons. The Morgan fingerprint density at radius 3 is 2.67 bits per heavy atom. The molecule has 0 bridgehead atoms. The summed E-state index contributed by atoms with van der Waals surface area (Å²) < 4.78 is 18.4. The second kappa shape index (κ2) is 7.75. The summed E-state index contributed by atoms with van der Waals surface area (Å²) in [6.07, 6.45) is 3.44. The normalized spacial score (nSPS) is 24.5. The molecule has 2 amide bonds. The Morgan fingerprint density at radius 2 is 1.96 bits per heavy atom. The number of rotatable bonds is 3. The summed E-state index contributed by atoms with van der Waals surface area (Å²) in [5.41, 5.74) is 0.504. The summed E-state index contributed by atoms with van der Waals surface area (Å²) in [4.78, 5) is 26.7. The molecule has 1 aromatic carbocycles. The highest BCUT2D eigenvalue weighted by molar-refractivity contribution is 5.98. The number of hydrogen-bond donors (Lipinski definition) is 1. The van der Waals surface area contributed by atoms with Crippen molar-refractivity contribution in [3.63, 3.8) is 0 Å². The number of piperidine rings is 1. The molecular weight excluding hydrogens is 311 g/mol. The molecule has 0 aliphatic carbocycles. The monoisotopic (exact) mass is 334 g/mol. The molecule has 1 N–H and O–H groups in total. The van der Waals surface area contributed by atoms with E-state index in [4.69, 9.17) is 4.74 Å². The van der Waals surface area contributed by atoms with E-state index >= 15 is 0 Å². The molecule has 3 rings (SSSR count). The lowest BCUT2D eigenvalue weighted by atomic mass is 9.90. The van der Waals surface area contributed by atoms with Crippen molar-refractivity contribution in [1.29, 1.82) is 0 Å². The number of hydrogen-bond acceptors (Lipinski definition) is 3. The molecule has 24 heavy (non-hydrogen) atoms. The summed E-state index contributed by atoms with van der Waals surface area (Å²) in [5.74, 6) is -0.600. The number of urea groups is 1. The molecule has 2 heterocycles. The van der Waals surface area contributed by atoms with E-state index in [-0.39, 0.29) is 29.6 Å². The van der Waals surface area contributed by atoms with Crippen molar-refractivity contribution in [2.75, 3.05) is 26.3 Å². The predicted molar refractivity (Wildman–Crippen MR) is 87.4 cm³/mol. The maximum Gasteiger partial charge on any atom is 0.317 e. The van der Waals surface area contributed by atoms with Crippen molar-refractivity contribution < 1.29 is 18.7 Å². The Kier molecular flexibility index (Phi) is 5.45. The van der Waals surface area contributed by atoms with Gasteiger partial charge in [-0.05, 0) is 49.9 Å². The average Bonchev–Trinajstić information content (AvgIpc) is 2.63. The third kappa shape index (κ3) is 4.12. The van der Waals surface area contributed by atoms with Crippen molar-refractivity contribution in [3.8, 4) is 0 Å². The molecular formula is C18H23FN2O3. The van der Waals surface area contributed by atoms with Crippen LogP contribution in [0, 0.1) is 11.7 Å². The van der Waals surface area contributed by atoms with Crippen molar-refractivity contribution >= 4 is 11.8 Å². The first-order valence-electron chi connectivity index (χ1n) is 8.56. The van der Waals surface area contributed by atoms with Crippen LogP contribution in [0.2, 0.25) is 0 Å². The standard InChI is InChI=1S/C18H23FN2O3/c19-15-7-5-13(6-8-15)17(22)14-3-1-9-21(11-14)18(23)20-16-4-2-10-24-12-16/h5-8,14,16H,1-4,9-12H2,(H,20,23). The van der Waals surface area contributed by atoms with Crippen LogP contribution < -0.4 is 5.32 Å². The van der Waals surface area contributed by atoms with Crippen LogP contribution in [0.25, 0.3) is 0 Å². The number of ether oxygens (including phenoxy) is 1. The van der Waals surface area contributed by atoms with E-state index in [0.717, 1.165) is 32.3 Å². The minimum absolute atomic E-state index is 0.0199. The summed E-state index contributed by atoms with van der Waals surface area (Å²) >= 11 is 0. The van der Waals surface area contributed by atoms with Gasteiger partial charge in [0.2, 0.25) is 0 Å². The van der Waals surface area contributed by atoms with Crippen LogP contribution in [-0.2, 0) is 4.74 Å². The van der Waals surface area contributed by atoms with Crippen LogP contribution in [0.15, 0.2) is 24.3 Å². The number of halogens is 1. The van der Waals surface area contributed by atoms with Crippen LogP contribution >= 0.6 is 0 Å². The van der Waals surface area contributed by atoms with Crippen molar-refractivity contribution in [1.82, 2.24) is 10.2 Å². The number of amides is 2. The van der Waals surface area contributed by atoms with Gasteiger partial charge in [0, 0.05) is 31.2 Å². The first-order chi connectivity index (χ1) is 11.6. The van der Waals surface area contributed by atoms with Gasteiger partial charge in [-0.15, -0.1) is 0 Å². The predicted octanol–water partition coefficient (Wildman–Crippen LogP) is 2.61. The molecule has 6 heteroatoms. The zero-order valence-corrected chi connectivity index (χ0v) is 13.7. The van der Waals surface area contributed by atoms with Gasteiger partial charge in [0.05, 0.1) is 12.6 Å². The molecule has 130 valence electrons. The molecule has 0 spiro atoms. The highest BCUT2D eigenvalue weighted by Gasteiger charge is 2.30. The summed E-state index contributed by atoms with van der Waals surface area (Å²) in [6, 6.07) is 5.54. The number of benzene rings is 1. The largest absolute Gasteiger partial charge is 0.379 e. The van der Waals surface area contributed by atoms with Crippen molar-refractivity contribution in [3.05, 3.63) is 35.6 Å². The highest BCUT2D eigenvalue weighted by atomic mass is 19.1. The van der Waals surface area contributed by atoms with Gasteiger partial charge < -0.3 is 15.0 Å². The fourth-order valence-electron chi connectivity index (χ4n) is 3.35. The number of ketones is 1. The second-order valence-corrected chi connectivity index (χ2v) is 6.52. The first-order valence-corrected chi connectivity index (χ1v) is 8.56. The van der Waals surface area contributed by atoms with Crippen LogP contribution in [0.3, 0.4) is 0 Å². The van der Waals surface area contributed by atoms with Gasteiger partial charge in [-0.3, -0.25) is 4.79 Å².